The first-order chi connectivity index (χ1) is 8.93. The van der Waals surface area contributed by atoms with Gasteiger partial charge in [-0.2, -0.15) is 0 Å². The molecule has 0 aliphatic rings. The van der Waals surface area contributed by atoms with Gasteiger partial charge in [-0.25, -0.2) is 19.9 Å². The maximum absolute atomic E-state index is 10.1. The van der Waals surface area contributed by atoms with Gasteiger partial charge >= 0.3 is 0 Å². The summed E-state index contributed by atoms with van der Waals surface area (Å²) >= 11 is 24.8. The summed E-state index contributed by atoms with van der Waals surface area (Å²) < 4.78 is 0.647. The fourth-order valence-corrected chi connectivity index (χ4v) is 1.60. The molecular formula is C9H3BrCl4N4O. The monoisotopic (exact) mass is 402 g/mol. The van der Waals surface area contributed by atoms with Gasteiger partial charge in [-0.3, -0.25) is 4.79 Å². The number of hydrogen-bond donors (Lipinski definition) is 0. The van der Waals surface area contributed by atoms with Crippen LogP contribution in [-0.2, 0) is 0 Å². The predicted octanol–water partition coefficient (Wildman–Crippen LogP) is 4.14. The van der Waals surface area contributed by atoms with Gasteiger partial charge in [-0.05, 0) is 39.1 Å². The molecule has 5 nitrogen and oxygen atoms in total. The zero-order valence-electron chi connectivity index (χ0n) is 8.82. The average Bonchev–Trinajstić information content (AvgIpc) is 2.35. The second-order valence-electron chi connectivity index (χ2n) is 2.78. The summed E-state index contributed by atoms with van der Waals surface area (Å²) in [5.74, 6) is 0. The Morgan fingerprint density at radius 1 is 0.947 bits per heavy atom. The maximum Gasteiger partial charge on any atom is 0.223 e. The van der Waals surface area contributed by atoms with Gasteiger partial charge in [-0.1, -0.05) is 23.2 Å². The van der Waals surface area contributed by atoms with E-state index in [1.165, 1.54) is 12.4 Å². The van der Waals surface area contributed by atoms with E-state index in [0.29, 0.717) is 15.9 Å². The summed E-state index contributed by atoms with van der Waals surface area (Å²) in [6.45, 7) is 0. The number of nitrogens with zero attached hydrogens (tertiary/aromatic N) is 4. The minimum Gasteiger partial charge on any atom is -0.298 e. The average molecular weight is 405 g/mol. The second kappa shape index (κ2) is 7.91. The Balaban J connectivity index is 0.000000191. The van der Waals surface area contributed by atoms with E-state index < -0.39 is 0 Å². The molecule has 0 saturated carbocycles. The lowest BCUT2D eigenvalue weighted by Crippen LogP contribution is -1.88. The summed E-state index contributed by atoms with van der Waals surface area (Å²) in [5, 5.41) is 0.601. The van der Waals surface area contributed by atoms with Crippen molar-refractivity contribution in [3.63, 3.8) is 0 Å². The van der Waals surface area contributed by atoms with Crippen LogP contribution >= 0.6 is 62.3 Å². The van der Waals surface area contributed by atoms with Gasteiger partial charge < -0.3 is 0 Å². The van der Waals surface area contributed by atoms with Crippen molar-refractivity contribution in [3.8, 4) is 0 Å². The van der Waals surface area contributed by atoms with Gasteiger partial charge in [0.25, 0.3) is 0 Å². The molecule has 0 atom stereocenters. The molecule has 2 heterocycles. The van der Waals surface area contributed by atoms with Gasteiger partial charge in [0, 0.05) is 12.4 Å². The van der Waals surface area contributed by atoms with E-state index in [4.69, 9.17) is 46.4 Å². The maximum atomic E-state index is 10.1. The van der Waals surface area contributed by atoms with E-state index in [0.717, 1.165) is 0 Å². The Hall–Kier alpha value is -0.530. The van der Waals surface area contributed by atoms with Crippen LogP contribution in [0.2, 0.25) is 20.9 Å². The topological polar surface area (TPSA) is 68.6 Å². The number of aromatic nitrogens is 4. The molecule has 2 rings (SSSR count). The third kappa shape index (κ3) is 5.54. The van der Waals surface area contributed by atoms with Crippen molar-refractivity contribution in [1.29, 1.82) is 0 Å². The molecule has 0 fully saturated rings. The molecule has 0 N–H and O–H groups in total. The molecule has 0 amide bonds. The molecule has 10 heteroatoms. The molecule has 0 aliphatic carbocycles. The van der Waals surface area contributed by atoms with Gasteiger partial charge in [0.2, 0.25) is 10.6 Å². The highest BCUT2D eigenvalue weighted by Gasteiger charge is 2.00. The molecule has 2 aromatic rings. The van der Waals surface area contributed by atoms with E-state index >= 15 is 0 Å². The first-order valence-electron chi connectivity index (χ1n) is 4.40. The van der Waals surface area contributed by atoms with E-state index in [2.05, 4.69) is 35.9 Å². The molecule has 0 bridgehead atoms. The van der Waals surface area contributed by atoms with Crippen LogP contribution in [0.5, 0.6) is 0 Å². The highest BCUT2D eigenvalue weighted by molar-refractivity contribution is 9.10. The Kier molecular flexibility index (Phi) is 6.88. The molecule has 0 unspecified atom stereocenters. The molecule has 0 aromatic carbocycles. The van der Waals surface area contributed by atoms with Crippen LogP contribution in [0.25, 0.3) is 0 Å². The molecule has 0 radical (unpaired) electrons. The van der Waals surface area contributed by atoms with Crippen LogP contribution in [0.1, 0.15) is 10.4 Å². The van der Waals surface area contributed by atoms with Gasteiger partial charge in [0.15, 0.2) is 6.29 Å². The highest BCUT2D eigenvalue weighted by atomic mass is 79.9. The van der Waals surface area contributed by atoms with E-state index in [1.807, 2.05) is 0 Å². The largest absolute Gasteiger partial charge is 0.298 e. The van der Waals surface area contributed by atoms with E-state index in [1.54, 1.807) is 0 Å². The van der Waals surface area contributed by atoms with Crippen LogP contribution < -0.4 is 0 Å². The quantitative estimate of drug-likeness (QED) is 0.406. The molecule has 0 saturated heterocycles. The Morgan fingerprint density at radius 3 is 1.89 bits per heavy atom. The second-order valence-corrected chi connectivity index (χ2v) is 5.03. The normalized spacial score (nSPS) is 9.53. The standard InChI is InChI=1S/C5H2Cl2N2O.C4HBrCl2N2/c6-4-3(2-10)1-8-5(7)9-4;5-2-1-8-4(7)9-3(2)6/h1-2H;1H. The summed E-state index contributed by atoms with van der Waals surface area (Å²) in [7, 11) is 0. The van der Waals surface area contributed by atoms with Crippen LogP contribution in [0.15, 0.2) is 16.9 Å². The Labute approximate surface area is 136 Å². The third-order valence-electron chi connectivity index (χ3n) is 1.54. The minimum atomic E-state index is 0.0376. The lowest BCUT2D eigenvalue weighted by atomic mass is 10.4. The Morgan fingerprint density at radius 2 is 1.47 bits per heavy atom. The van der Waals surface area contributed by atoms with Crippen molar-refractivity contribution < 1.29 is 4.79 Å². The number of hydrogen-bond acceptors (Lipinski definition) is 5. The number of carbonyl (C=O) groups excluding carboxylic acids is 1. The van der Waals surface area contributed by atoms with E-state index in [9.17, 15) is 4.79 Å². The van der Waals surface area contributed by atoms with Crippen LogP contribution in [0, 0.1) is 0 Å². The SMILES string of the molecule is Clc1ncc(Br)c(Cl)n1.O=Cc1cnc(Cl)nc1Cl. The molecule has 19 heavy (non-hydrogen) atoms. The number of aldehydes is 1. The van der Waals surface area contributed by atoms with Crippen molar-refractivity contribution in [2.75, 3.05) is 0 Å². The van der Waals surface area contributed by atoms with Crippen molar-refractivity contribution in [1.82, 2.24) is 19.9 Å². The van der Waals surface area contributed by atoms with Crippen LogP contribution in [-0.4, -0.2) is 26.2 Å². The van der Waals surface area contributed by atoms with Crippen LogP contribution in [0.4, 0.5) is 0 Å². The van der Waals surface area contributed by atoms with Crippen molar-refractivity contribution in [3.05, 3.63) is 43.3 Å². The summed E-state index contributed by atoms with van der Waals surface area (Å²) in [4.78, 5) is 24.5. The molecule has 0 spiro atoms. The first-order valence-corrected chi connectivity index (χ1v) is 6.71. The number of halogens is 5. The summed E-state index contributed by atoms with van der Waals surface area (Å²) in [5.41, 5.74) is 0.242. The highest BCUT2D eigenvalue weighted by Crippen LogP contribution is 2.19. The van der Waals surface area contributed by atoms with Crippen molar-refractivity contribution in [2.24, 2.45) is 0 Å². The van der Waals surface area contributed by atoms with Crippen molar-refractivity contribution in [2.45, 2.75) is 0 Å². The third-order valence-corrected chi connectivity index (χ3v) is 3.30. The molecule has 2 aromatic heterocycles. The number of rotatable bonds is 1. The van der Waals surface area contributed by atoms with Crippen molar-refractivity contribution >= 4 is 68.6 Å². The minimum absolute atomic E-state index is 0.0376. The first kappa shape index (κ1) is 16.5. The molecular weight excluding hydrogens is 402 g/mol. The van der Waals surface area contributed by atoms with E-state index in [-0.39, 0.29) is 21.3 Å². The van der Waals surface area contributed by atoms with Gasteiger partial charge in [-0.15, -0.1) is 0 Å². The van der Waals surface area contributed by atoms with Crippen LogP contribution in [0.3, 0.4) is 0 Å². The zero-order valence-corrected chi connectivity index (χ0v) is 13.4. The number of carbonyl (C=O) groups is 1. The molecule has 100 valence electrons. The lowest BCUT2D eigenvalue weighted by molar-refractivity contribution is 0.112. The van der Waals surface area contributed by atoms with Gasteiger partial charge in [0.05, 0.1) is 10.0 Å². The summed E-state index contributed by atoms with van der Waals surface area (Å²) in [6.07, 6.45) is 3.33. The Bertz CT molecular complexity index is 598. The smallest absolute Gasteiger partial charge is 0.223 e. The van der Waals surface area contributed by atoms with Gasteiger partial charge in [0.1, 0.15) is 10.3 Å². The zero-order chi connectivity index (χ0) is 14.4. The summed E-state index contributed by atoms with van der Waals surface area (Å²) in [6, 6.07) is 0. The fourth-order valence-electron chi connectivity index (χ4n) is 0.756. The lowest BCUT2D eigenvalue weighted by Gasteiger charge is -1.91. The fraction of sp³-hybridized carbons (Fsp3) is 0. The molecule has 0 aliphatic heterocycles. The predicted molar refractivity (Wildman–Crippen MR) is 77.2 cm³/mol.